The van der Waals surface area contributed by atoms with Crippen molar-refractivity contribution < 1.29 is 13.6 Å². The molecule has 0 N–H and O–H groups in total. The van der Waals surface area contributed by atoms with Crippen LogP contribution in [-0.4, -0.2) is 42.3 Å². The molecule has 4 aromatic rings. The molecule has 4 rings (SSSR count). The van der Waals surface area contributed by atoms with Crippen molar-refractivity contribution in [3.05, 3.63) is 66.2 Å². The van der Waals surface area contributed by atoms with Crippen molar-refractivity contribution in [2.24, 2.45) is 0 Å². The summed E-state index contributed by atoms with van der Waals surface area (Å²) in [6.07, 6.45) is 0.976. The Hall–Kier alpha value is -2.77. The molecule has 0 saturated heterocycles. The molecule has 2 aromatic carbocycles. The van der Waals surface area contributed by atoms with Crippen LogP contribution in [0.4, 0.5) is 0 Å². The fourth-order valence-corrected chi connectivity index (χ4v) is 3.33. The Morgan fingerprint density at radius 3 is 2.53 bits per heavy atom. The Morgan fingerprint density at radius 1 is 1.03 bits per heavy atom. The van der Waals surface area contributed by atoms with Crippen molar-refractivity contribution in [2.45, 2.75) is 18.1 Å². The van der Waals surface area contributed by atoms with Crippen LogP contribution in [0.25, 0.3) is 22.4 Å². The van der Waals surface area contributed by atoms with Crippen LogP contribution in [0.2, 0.25) is 0 Å². The van der Waals surface area contributed by atoms with Crippen LogP contribution >= 0.6 is 12.6 Å². The lowest BCUT2D eigenvalue weighted by atomic mass is 10.1. The number of furan rings is 1. The molecular weight excluding hydrogens is 398 g/mol. The summed E-state index contributed by atoms with van der Waals surface area (Å²) in [5, 5.41) is 9.43. The minimum absolute atomic E-state index is 0.379. The van der Waals surface area contributed by atoms with Crippen LogP contribution in [0.3, 0.4) is 0 Å². The second-order valence-corrected chi connectivity index (χ2v) is 8.56. The summed E-state index contributed by atoms with van der Waals surface area (Å²) in [5.74, 6) is 2.28. The molecule has 30 heavy (non-hydrogen) atoms. The van der Waals surface area contributed by atoms with Gasteiger partial charge in [-0.1, -0.05) is 18.2 Å². The van der Waals surface area contributed by atoms with E-state index in [1.165, 1.54) is 0 Å². The van der Waals surface area contributed by atoms with Crippen LogP contribution in [-0.2, 0) is 4.75 Å². The van der Waals surface area contributed by atoms with E-state index >= 15 is 0 Å². The van der Waals surface area contributed by atoms with Crippen molar-refractivity contribution in [3.63, 3.8) is 0 Å². The van der Waals surface area contributed by atoms with Gasteiger partial charge >= 0.3 is 0 Å². The monoisotopic (exact) mass is 423 g/mol. The first kappa shape index (κ1) is 20.5. The first-order valence-corrected chi connectivity index (χ1v) is 10.3. The third kappa shape index (κ3) is 4.37. The summed E-state index contributed by atoms with van der Waals surface area (Å²) >= 11 is 4.77. The van der Waals surface area contributed by atoms with E-state index in [1.807, 2.05) is 61.5 Å². The Bertz CT molecular complexity index is 1080. The van der Waals surface area contributed by atoms with E-state index in [9.17, 15) is 0 Å². The van der Waals surface area contributed by atoms with Crippen LogP contribution in [0.15, 0.2) is 63.4 Å². The minimum Gasteiger partial charge on any atom is -0.494 e. The molecule has 0 aliphatic heterocycles. The summed E-state index contributed by atoms with van der Waals surface area (Å²) in [4.78, 5) is 2.14. The van der Waals surface area contributed by atoms with E-state index in [4.69, 9.17) is 26.2 Å². The number of rotatable bonds is 8. The lowest BCUT2D eigenvalue weighted by Gasteiger charge is -2.15. The molecule has 2 heterocycles. The van der Waals surface area contributed by atoms with Crippen molar-refractivity contribution in [1.82, 2.24) is 15.1 Å². The standard InChI is InChI=1S/C23H25N3O3S/c1-23(30,20-15-17-7-4-5-8-19(17)28-20)22-25-24-21(29-22)16-9-11-18(12-10-16)27-14-6-13-26(2)3/h4-5,7-12,15,30H,6,13-14H2,1-3H3. The van der Waals surface area contributed by atoms with Gasteiger partial charge in [0.1, 0.15) is 21.8 Å². The molecule has 0 fully saturated rings. The number of aromatic nitrogens is 2. The van der Waals surface area contributed by atoms with Crippen molar-refractivity contribution in [2.75, 3.05) is 27.2 Å². The molecule has 0 saturated carbocycles. The Kier molecular flexibility index (Phi) is 5.83. The predicted molar refractivity (Wildman–Crippen MR) is 120 cm³/mol. The van der Waals surface area contributed by atoms with E-state index in [0.29, 0.717) is 24.1 Å². The minimum atomic E-state index is -0.847. The highest BCUT2D eigenvalue weighted by Crippen LogP contribution is 2.38. The highest BCUT2D eigenvalue weighted by atomic mass is 32.1. The van der Waals surface area contributed by atoms with Gasteiger partial charge in [-0.2, -0.15) is 12.6 Å². The van der Waals surface area contributed by atoms with E-state index in [2.05, 4.69) is 29.2 Å². The average molecular weight is 424 g/mol. The Morgan fingerprint density at radius 2 is 1.80 bits per heavy atom. The van der Waals surface area contributed by atoms with Gasteiger partial charge in [-0.05, 0) is 63.8 Å². The zero-order chi connectivity index (χ0) is 21.1. The van der Waals surface area contributed by atoms with Crippen LogP contribution in [0, 0.1) is 0 Å². The molecule has 0 bridgehead atoms. The molecule has 7 heteroatoms. The Balaban J connectivity index is 1.48. The summed E-state index contributed by atoms with van der Waals surface area (Å²) in [6, 6.07) is 17.4. The number of para-hydroxylation sites is 1. The second kappa shape index (κ2) is 8.53. The number of fused-ring (bicyclic) bond motifs is 1. The first-order valence-electron chi connectivity index (χ1n) is 9.87. The van der Waals surface area contributed by atoms with Crippen LogP contribution in [0.5, 0.6) is 5.75 Å². The number of ether oxygens (including phenoxy) is 1. The molecule has 156 valence electrons. The zero-order valence-electron chi connectivity index (χ0n) is 17.3. The third-order valence-electron chi connectivity index (χ3n) is 4.87. The van der Waals surface area contributed by atoms with Crippen LogP contribution < -0.4 is 4.74 Å². The van der Waals surface area contributed by atoms with Crippen molar-refractivity contribution in [1.29, 1.82) is 0 Å². The molecule has 0 aliphatic carbocycles. The zero-order valence-corrected chi connectivity index (χ0v) is 18.2. The number of hydrogen-bond donors (Lipinski definition) is 1. The summed E-state index contributed by atoms with van der Waals surface area (Å²) in [7, 11) is 4.11. The molecule has 6 nitrogen and oxygen atoms in total. The van der Waals surface area contributed by atoms with Gasteiger partial charge in [-0.25, -0.2) is 0 Å². The van der Waals surface area contributed by atoms with Crippen molar-refractivity contribution >= 4 is 23.6 Å². The van der Waals surface area contributed by atoms with E-state index < -0.39 is 4.75 Å². The number of nitrogens with zero attached hydrogens (tertiary/aromatic N) is 3. The second-order valence-electron chi connectivity index (χ2n) is 7.66. The van der Waals surface area contributed by atoms with Gasteiger partial charge in [0.2, 0.25) is 11.8 Å². The van der Waals surface area contributed by atoms with Gasteiger partial charge in [0.25, 0.3) is 0 Å². The number of benzene rings is 2. The predicted octanol–water partition coefficient (Wildman–Crippen LogP) is 5.01. The largest absolute Gasteiger partial charge is 0.494 e. The van der Waals surface area contributed by atoms with E-state index in [0.717, 1.165) is 35.2 Å². The normalized spacial score (nSPS) is 13.6. The van der Waals surface area contributed by atoms with Gasteiger partial charge in [-0.15, -0.1) is 10.2 Å². The average Bonchev–Trinajstić information content (AvgIpc) is 3.39. The molecule has 2 aromatic heterocycles. The molecule has 0 radical (unpaired) electrons. The highest BCUT2D eigenvalue weighted by molar-refractivity contribution is 7.81. The molecule has 1 atom stereocenters. The third-order valence-corrected chi connectivity index (χ3v) is 5.28. The van der Waals surface area contributed by atoms with E-state index in [-0.39, 0.29) is 0 Å². The SMILES string of the molecule is CN(C)CCCOc1ccc(-c2nnc(C(C)(S)c3cc4ccccc4o3)o2)cc1. The maximum Gasteiger partial charge on any atom is 0.247 e. The van der Waals surface area contributed by atoms with E-state index in [1.54, 1.807) is 0 Å². The van der Waals surface area contributed by atoms with Gasteiger partial charge in [0, 0.05) is 17.5 Å². The number of thiol groups is 1. The lowest BCUT2D eigenvalue weighted by molar-refractivity contribution is 0.281. The van der Waals surface area contributed by atoms with Gasteiger partial charge in [0.05, 0.1) is 6.61 Å². The topological polar surface area (TPSA) is 64.5 Å². The van der Waals surface area contributed by atoms with Gasteiger partial charge < -0.3 is 18.5 Å². The molecular formula is C23H25N3O3S. The maximum atomic E-state index is 5.96. The van der Waals surface area contributed by atoms with Gasteiger partial charge in [-0.3, -0.25) is 0 Å². The van der Waals surface area contributed by atoms with Gasteiger partial charge in [0.15, 0.2) is 0 Å². The molecule has 0 amide bonds. The van der Waals surface area contributed by atoms with Crippen molar-refractivity contribution in [3.8, 4) is 17.2 Å². The summed E-state index contributed by atoms with van der Waals surface area (Å²) < 4.78 is 16.8. The fraction of sp³-hybridized carbons (Fsp3) is 0.304. The van der Waals surface area contributed by atoms with Crippen LogP contribution in [0.1, 0.15) is 25.0 Å². The maximum absolute atomic E-state index is 5.96. The smallest absolute Gasteiger partial charge is 0.247 e. The molecule has 0 aliphatic rings. The summed E-state index contributed by atoms with van der Waals surface area (Å²) in [6.45, 7) is 3.56. The summed E-state index contributed by atoms with van der Waals surface area (Å²) in [5.41, 5.74) is 1.62. The Labute approximate surface area is 181 Å². The first-order chi connectivity index (χ1) is 14.4. The quantitative estimate of drug-likeness (QED) is 0.318. The molecule has 0 spiro atoms. The molecule has 1 unspecified atom stereocenters. The highest BCUT2D eigenvalue weighted by Gasteiger charge is 2.34. The fourth-order valence-electron chi connectivity index (χ4n) is 3.13. The number of hydrogen-bond acceptors (Lipinski definition) is 7. The lowest BCUT2D eigenvalue weighted by Crippen LogP contribution is -2.15.